The van der Waals surface area contributed by atoms with E-state index in [1.54, 1.807) is 36.5 Å². The molecule has 3 heterocycles. The van der Waals surface area contributed by atoms with Crippen molar-refractivity contribution in [2.75, 3.05) is 7.11 Å². The van der Waals surface area contributed by atoms with E-state index in [-0.39, 0.29) is 27.2 Å². The lowest BCUT2D eigenvalue weighted by atomic mass is 10.2. The van der Waals surface area contributed by atoms with Gasteiger partial charge in [-0.05, 0) is 36.4 Å². The first-order valence-electron chi connectivity index (χ1n) is 7.86. The number of methoxy groups -OCH3 is 1. The van der Waals surface area contributed by atoms with Gasteiger partial charge in [0.1, 0.15) is 23.0 Å². The highest BCUT2D eigenvalue weighted by Crippen LogP contribution is 2.27. The van der Waals surface area contributed by atoms with E-state index in [0.29, 0.717) is 17.1 Å². The van der Waals surface area contributed by atoms with Gasteiger partial charge in [-0.25, -0.2) is 4.98 Å². The zero-order valence-corrected chi connectivity index (χ0v) is 14.8. The molecule has 0 aliphatic heterocycles. The van der Waals surface area contributed by atoms with E-state index >= 15 is 0 Å². The van der Waals surface area contributed by atoms with Crippen LogP contribution < -0.4 is 15.9 Å². The monoisotopic (exact) mass is 378 g/mol. The summed E-state index contributed by atoms with van der Waals surface area (Å²) in [5, 5.41) is 9.79. The van der Waals surface area contributed by atoms with Gasteiger partial charge in [-0.15, -0.1) is 0 Å². The average Bonchev–Trinajstić information content (AvgIpc) is 2.68. The van der Waals surface area contributed by atoms with Crippen LogP contribution in [0.3, 0.4) is 0 Å². The molecule has 27 heavy (non-hydrogen) atoms. The van der Waals surface area contributed by atoms with Crippen LogP contribution in [0.4, 0.5) is 0 Å². The van der Waals surface area contributed by atoms with Crippen LogP contribution in [-0.2, 0) is 0 Å². The molecular weight excluding hydrogens is 368 g/mol. The molecule has 0 saturated carbocycles. The fourth-order valence-corrected chi connectivity index (χ4v) is 3.18. The molecule has 132 valence electrons. The third-order valence-electron chi connectivity index (χ3n) is 4.20. The van der Waals surface area contributed by atoms with Gasteiger partial charge in [-0.3, -0.25) is 18.6 Å². The maximum absolute atomic E-state index is 12.9. The van der Waals surface area contributed by atoms with Crippen LogP contribution in [0.2, 0.25) is 5.02 Å². The standard InChI is InChI=1S/C19H11ClN4O3/c1-27-15-6-5-12(9-14(15)20)24-17-13(8-11(10-21)18(24)25)19(26)23-7-3-2-4-16(23)22-17/h2-9H,1H3. The molecule has 7 nitrogen and oxygen atoms in total. The van der Waals surface area contributed by atoms with Crippen LogP contribution in [0.25, 0.3) is 22.4 Å². The van der Waals surface area contributed by atoms with Crippen molar-refractivity contribution in [3.05, 3.63) is 80.0 Å². The minimum Gasteiger partial charge on any atom is -0.495 e. The smallest absolute Gasteiger partial charge is 0.274 e. The summed E-state index contributed by atoms with van der Waals surface area (Å²) in [4.78, 5) is 30.2. The number of nitrogens with zero attached hydrogens (tertiary/aromatic N) is 4. The molecule has 0 unspecified atom stereocenters. The predicted octanol–water partition coefficient (Wildman–Crippen LogP) is 2.53. The summed E-state index contributed by atoms with van der Waals surface area (Å²) < 4.78 is 7.71. The highest BCUT2D eigenvalue weighted by atomic mass is 35.5. The number of rotatable bonds is 2. The van der Waals surface area contributed by atoms with Crippen LogP contribution in [-0.4, -0.2) is 21.1 Å². The number of pyridine rings is 2. The van der Waals surface area contributed by atoms with Gasteiger partial charge in [-0.2, -0.15) is 5.26 Å². The zero-order chi connectivity index (χ0) is 19.1. The van der Waals surface area contributed by atoms with Gasteiger partial charge in [0.05, 0.1) is 23.2 Å². The third kappa shape index (κ3) is 2.55. The summed E-state index contributed by atoms with van der Waals surface area (Å²) >= 11 is 6.19. The van der Waals surface area contributed by atoms with Gasteiger partial charge in [0, 0.05) is 6.20 Å². The van der Waals surface area contributed by atoms with Gasteiger partial charge >= 0.3 is 0 Å². The topological polar surface area (TPSA) is 89.4 Å². The summed E-state index contributed by atoms with van der Waals surface area (Å²) in [5.41, 5.74) is -0.216. The van der Waals surface area contributed by atoms with Crippen LogP contribution in [0.15, 0.2) is 58.3 Å². The van der Waals surface area contributed by atoms with Gasteiger partial charge < -0.3 is 4.74 Å². The second kappa shape index (κ2) is 6.27. The first-order chi connectivity index (χ1) is 13.0. The molecule has 4 rings (SSSR count). The molecular formula is C19H11ClN4O3. The van der Waals surface area contributed by atoms with E-state index in [9.17, 15) is 14.9 Å². The fourth-order valence-electron chi connectivity index (χ4n) is 2.92. The third-order valence-corrected chi connectivity index (χ3v) is 4.49. The fraction of sp³-hybridized carbons (Fsp3) is 0.0526. The molecule has 8 heteroatoms. The van der Waals surface area contributed by atoms with E-state index in [0.717, 1.165) is 0 Å². The highest BCUT2D eigenvalue weighted by Gasteiger charge is 2.17. The Labute approximate surface area is 157 Å². The number of aromatic nitrogens is 3. The van der Waals surface area contributed by atoms with E-state index in [1.807, 2.05) is 6.07 Å². The predicted molar refractivity (Wildman–Crippen MR) is 101 cm³/mol. The molecule has 0 fully saturated rings. The Morgan fingerprint density at radius 3 is 2.67 bits per heavy atom. The molecule has 0 spiro atoms. The number of benzene rings is 1. The lowest BCUT2D eigenvalue weighted by Crippen LogP contribution is -2.26. The van der Waals surface area contributed by atoms with Crippen LogP contribution in [0, 0.1) is 11.3 Å². The molecule has 0 amide bonds. The minimum absolute atomic E-state index is 0.149. The molecule has 0 bridgehead atoms. The Morgan fingerprint density at radius 1 is 1.15 bits per heavy atom. The Hall–Kier alpha value is -3.63. The van der Waals surface area contributed by atoms with Gasteiger partial charge in [0.2, 0.25) is 0 Å². The van der Waals surface area contributed by atoms with Crippen LogP contribution >= 0.6 is 11.6 Å². The molecule has 0 aliphatic rings. The Kier molecular flexibility index (Phi) is 3.90. The minimum atomic E-state index is -0.585. The van der Waals surface area contributed by atoms with Crippen molar-refractivity contribution >= 4 is 28.3 Å². The van der Waals surface area contributed by atoms with E-state index in [4.69, 9.17) is 16.3 Å². The van der Waals surface area contributed by atoms with Gasteiger partial charge in [0.15, 0.2) is 5.65 Å². The van der Waals surface area contributed by atoms with Crippen molar-refractivity contribution in [3.63, 3.8) is 0 Å². The second-order valence-electron chi connectivity index (χ2n) is 5.71. The van der Waals surface area contributed by atoms with Crippen molar-refractivity contribution in [3.8, 4) is 17.5 Å². The van der Waals surface area contributed by atoms with Crippen molar-refractivity contribution in [2.45, 2.75) is 0 Å². The number of halogens is 1. The van der Waals surface area contributed by atoms with Crippen molar-refractivity contribution in [1.82, 2.24) is 14.0 Å². The summed E-state index contributed by atoms with van der Waals surface area (Å²) in [7, 11) is 1.48. The maximum atomic E-state index is 12.9. The molecule has 4 aromatic rings. The maximum Gasteiger partial charge on any atom is 0.274 e. The SMILES string of the molecule is COc1ccc(-n2c(=O)c(C#N)cc3c(=O)n4ccccc4nc32)cc1Cl. The van der Waals surface area contributed by atoms with Gasteiger partial charge in [0.25, 0.3) is 11.1 Å². The number of fused-ring (bicyclic) bond motifs is 2. The molecule has 0 radical (unpaired) electrons. The van der Waals surface area contributed by atoms with Crippen molar-refractivity contribution in [2.24, 2.45) is 0 Å². The largest absolute Gasteiger partial charge is 0.495 e. The zero-order valence-electron chi connectivity index (χ0n) is 14.0. The van der Waals surface area contributed by atoms with E-state index < -0.39 is 5.56 Å². The Morgan fingerprint density at radius 2 is 1.96 bits per heavy atom. The van der Waals surface area contributed by atoms with E-state index in [2.05, 4.69) is 4.98 Å². The number of hydrogen-bond donors (Lipinski definition) is 0. The average molecular weight is 379 g/mol. The molecule has 0 saturated heterocycles. The molecule has 0 atom stereocenters. The normalized spacial score (nSPS) is 10.9. The first kappa shape index (κ1) is 16.8. The molecule has 1 aromatic carbocycles. The summed E-state index contributed by atoms with van der Waals surface area (Å²) in [5.74, 6) is 0.438. The van der Waals surface area contributed by atoms with Crippen LogP contribution in [0.5, 0.6) is 5.75 Å². The van der Waals surface area contributed by atoms with E-state index in [1.165, 1.54) is 28.2 Å². The number of hydrogen-bond acceptors (Lipinski definition) is 5. The Bertz CT molecular complexity index is 1380. The number of nitriles is 1. The van der Waals surface area contributed by atoms with Crippen molar-refractivity contribution in [1.29, 1.82) is 5.26 Å². The summed E-state index contributed by atoms with van der Waals surface area (Å²) in [6.07, 6.45) is 1.58. The second-order valence-corrected chi connectivity index (χ2v) is 6.12. The quantitative estimate of drug-likeness (QED) is 0.500. The highest BCUT2D eigenvalue weighted by molar-refractivity contribution is 6.32. The van der Waals surface area contributed by atoms with Crippen molar-refractivity contribution < 1.29 is 4.74 Å². The molecule has 3 aromatic heterocycles. The first-order valence-corrected chi connectivity index (χ1v) is 8.24. The lowest BCUT2D eigenvalue weighted by Gasteiger charge is -2.12. The Balaban J connectivity index is 2.21. The molecule has 0 N–H and O–H groups in total. The van der Waals surface area contributed by atoms with Gasteiger partial charge in [-0.1, -0.05) is 17.7 Å². The summed E-state index contributed by atoms with van der Waals surface area (Å²) in [6.45, 7) is 0. The molecule has 0 aliphatic carbocycles. The van der Waals surface area contributed by atoms with Crippen LogP contribution in [0.1, 0.15) is 5.56 Å². The summed E-state index contributed by atoms with van der Waals surface area (Å²) in [6, 6.07) is 13.0. The number of ether oxygens (including phenoxy) is 1. The lowest BCUT2D eigenvalue weighted by molar-refractivity contribution is 0.415.